The number of ether oxygens (including phenoxy) is 1. The number of rotatable bonds is 30. The molecule has 4 heteroatoms. The summed E-state index contributed by atoms with van der Waals surface area (Å²) in [7, 11) is 0. The van der Waals surface area contributed by atoms with Gasteiger partial charge in [0.25, 0.3) is 0 Å². The third-order valence-electron chi connectivity index (χ3n) is 7.49. The van der Waals surface area contributed by atoms with Gasteiger partial charge < -0.3 is 9.84 Å². The predicted octanol–water partition coefficient (Wildman–Crippen LogP) is 11.1. The Morgan fingerprint density at radius 3 is 1.45 bits per heavy atom. The smallest absolute Gasteiger partial charge is 0.306 e. The van der Waals surface area contributed by atoms with E-state index in [1.54, 1.807) is 0 Å². The number of carbonyl (C=O) groups is 2. The van der Waals surface area contributed by atoms with Gasteiger partial charge in [-0.05, 0) is 64.2 Å². The molecule has 0 bridgehead atoms. The van der Waals surface area contributed by atoms with Gasteiger partial charge in [0.05, 0.1) is 0 Å². The zero-order chi connectivity index (χ0) is 27.9. The number of carboxylic acid groups (broad SMARTS) is 1. The highest BCUT2D eigenvalue weighted by molar-refractivity contribution is 5.69. The van der Waals surface area contributed by atoms with E-state index in [0.29, 0.717) is 6.42 Å². The molecule has 0 spiro atoms. The summed E-state index contributed by atoms with van der Waals surface area (Å²) in [4.78, 5) is 23.0. The lowest BCUT2D eigenvalue weighted by Crippen LogP contribution is -2.18. The fraction of sp³-hybridized carbons (Fsp3) is 0.882. The van der Waals surface area contributed by atoms with Gasteiger partial charge in [0.15, 0.2) is 0 Å². The predicted molar refractivity (Wildman–Crippen MR) is 163 cm³/mol. The highest BCUT2D eigenvalue weighted by atomic mass is 16.5. The lowest BCUT2D eigenvalue weighted by molar-refractivity contribution is -0.150. The molecule has 0 aromatic carbocycles. The molecular formula is C34H64O4. The van der Waals surface area contributed by atoms with E-state index in [-0.39, 0.29) is 18.5 Å². The molecule has 0 aliphatic rings. The number of carboxylic acids is 1. The molecular weight excluding hydrogens is 472 g/mol. The van der Waals surface area contributed by atoms with Crippen LogP contribution < -0.4 is 0 Å². The van der Waals surface area contributed by atoms with Crippen LogP contribution in [0.5, 0.6) is 0 Å². The fourth-order valence-electron chi connectivity index (χ4n) is 5.00. The van der Waals surface area contributed by atoms with Crippen LogP contribution in [-0.4, -0.2) is 23.1 Å². The van der Waals surface area contributed by atoms with Crippen molar-refractivity contribution in [3.05, 3.63) is 12.2 Å². The van der Waals surface area contributed by atoms with Crippen molar-refractivity contribution in [1.82, 2.24) is 0 Å². The molecule has 1 atom stereocenters. The minimum absolute atomic E-state index is 0.0168. The van der Waals surface area contributed by atoms with Gasteiger partial charge in [-0.15, -0.1) is 0 Å². The Balaban J connectivity index is 4.00. The van der Waals surface area contributed by atoms with E-state index in [2.05, 4.69) is 26.0 Å². The van der Waals surface area contributed by atoms with E-state index in [9.17, 15) is 9.59 Å². The first-order valence-corrected chi connectivity index (χ1v) is 16.7. The lowest BCUT2D eigenvalue weighted by Gasteiger charge is -2.18. The van der Waals surface area contributed by atoms with E-state index in [1.807, 2.05) is 0 Å². The first-order valence-electron chi connectivity index (χ1n) is 16.7. The highest BCUT2D eigenvalue weighted by Crippen LogP contribution is 2.18. The van der Waals surface area contributed by atoms with Crippen LogP contribution >= 0.6 is 0 Å². The van der Waals surface area contributed by atoms with E-state index < -0.39 is 5.97 Å². The second kappa shape index (κ2) is 30.2. The summed E-state index contributed by atoms with van der Waals surface area (Å²) < 4.78 is 5.90. The summed E-state index contributed by atoms with van der Waals surface area (Å²) in [6, 6.07) is 0. The van der Waals surface area contributed by atoms with Gasteiger partial charge in [-0.3, -0.25) is 9.59 Å². The Kier molecular flexibility index (Phi) is 29.2. The second-order valence-corrected chi connectivity index (χ2v) is 11.3. The quantitative estimate of drug-likeness (QED) is 0.0563. The van der Waals surface area contributed by atoms with Crippen molar-refractivity contribution in [1.29, 1.82) is 0 Å². The Bertz CT molecular complexity index is 543. The van der Waals surface area contributed by atoms with E-state index in [0.717, 1.165) is 70.6 Å². The van der Waals surface area contributed by atoms with Crippen molar-refractivity contribution >= 4 is 11.9 Å². The van der Waals surface area contributed by atoms with Gasteiger partial charge in [-0.25, -0.2) is 0 Å². The van der Waals surface area contributed by atoms with Gasteiger partial charge in [-0.2, -0.15) is 0 Å². The largest absolute Gasteiger partial charge is 0.481 e. The van der Waals surface area contributed by atoms with Crippen LogP contribution in [0.25, 0.3) is 0 Å². The van der Waals surface area contributed by atoms with Crippen LogP contribution in [0.15, 0.2) is 12.2 Å². The zero-order valence-corrected chi connectivity index (χ0v) is 25.5. The minimum Gasteiger partial charge on any atom is -0.481 e. The molecule has 0 aromatic heterocycles. The van der Waals surface area contributed by atoms with Crippen LogP contribution in [0.4, 0.5) is 0 Å². The van der Waals surface area contributed by atoms with Gasteiger partial charge in [0.1, 0.15) is 6.10 Å². The summed E-state index contributed by atoms with van der Waals surface area (Å²) in [6.45, 7) is 4.48. The standard InChI is InChI=1S/C34H64O4/c1-3-5-7-9-10-11-12-13-14-15-16-17-18-21-24-28-32(29-25-22-19-23-26-30-33(35)36)38-34(37)31-27-20-8-6-4-2/h15-16,32H,3-14,17-31H2,1-2H3,(H,35,36)/b16-15-. The average molecular weight is 537 g/mol. The zero-order valence-electron chi connectivity index (χ0n) is 25.5. The number of hydrogen-bond donors (Lipinski definition) is 1. The third-order valence-corrected chi connectivity index (χ3v) is 7.49. The summed E-state index contributed by atoms with van der Waals surface area (Å²) >= 11 is 0. The lowest BCUT2D eigenvalue weighted by atomic mass is 10.0. The van der Waals surface area contributed by atoms with E-state index >= 15 is 0 Å². The maximum atomic E-state index is 12.4. The monoisotopic (exact) mass is 536 g/mol. The maximum Gasteiger partial charge on any atom is 0.306 e. The summed E-state index contributed by atoms with van der Waals surface area (Å²) in [6.07, 6.45) is 35.2. The SMILES string of the molecule is CCCCCCCCCC/C=C\CCCCCC(CCCCCCCC(=O)O)OC(=O)CCCCCCC. The molecule has 0 saturated carbocycles. The number of unbranched alkanes of at least 4 members (excludes halogenated alkanes) is 19. The van der Waals surface area contributed by atoms with Gasteiger partial charge in [0.2, 0.25) is 0 Å². The molecule has 0 rings (SSSR count). The fourth-order valence-corrected chi connectivity index (χ4v) is 5.00. The molecule has 0 aliphatic heterocycles. The molecule has 0 heterocycles. The Morgan fingerprint density at radius 2 is 0.947 bits per heavy atom. The van der Waals surface area contributed by atoms with Crippen LogP contribution in [0, 0.1) is 0 Å². The van der Waals surface area contributed by atoms with E-state index in [1.165, 1.54) is 89.9 Å². The molecule has 1 unspecified atom stereocenters. The number of aliphatic carboxylic acids is 1. The van der Waals surface area contributed by atoms with Gasteiger partial charge in [0, 0.05) is 12.8 Å². The first kappa shape index (κ1) is 36.7. The molecule has 0 fully saturated rings. The minimum atomic E-state index is -0.703. The summed E-state index contributed by atoms with van der Waals surface area (Å²) in [5.74, 6) is -0.720. The van der Waals surface area contributed by atoms with Crippen LogP contribution in [0.2, 0.25) is 0 Å². The molecule has 0 radical (unpaired) electrons. The highest BCUT2D eigenvalue weighted by Gasteiger charge is 2.14. The van der Waals surface area contributed by atoms with Crippen LogP contribution in [-0.2, 0) is 14.3 Å². The number of allylic oxidation sites excluding steroid dienone is 2. The average Bonchev–Trinajstić information content (AvgIpc) is 2.89. The molecule has 4 nitrogen and oxygen atoms in total. The van der Waals surface area contributed by atoms with Crippen molar-refractivity contribution in [2.75, 3.05) is 0 Å². The van der Waals surface area contributed by atoms with Crippen molar-refractivity contribution in [3.8, 4) is 0 Å². The Labute approximate surface area is 236 Å². The molecule has 0 saturated heterocycles. The van der Waals surface area contributed by atoms with Gasteiger partial charge in [-0.1, -0.05) is 122 Å². The molecule has 1 N–H and O–H groups in total. The normalized spacial score (nSPS) is 12.3. The number of esters is 1. The Hall–Kier alpha value is -1.32. The molecule has 0 aliphatic carbocycles. The van der Waals surface area contributed by atoms with Crippen LogP contribution in [0.1, 0.15) is 187 Å². The van der Waals surface area contributed by atoms with Crippen molar-refractivity contribution in [2.45, 2.75) is 193 Å². The number of hydrogen-bond acceptors (Lipinski definition) is 3. The van der Waals surface area contributed by atoms with Crippen molar-refractivity contribution in [3.63, 3.8) is 0 Å². The van der Waals surface area contributed by atoms with Crippen LogP contribution in [0.3, 0.4) is 0 Å². The van der Waals surface area contributed by atoms with Crippen molar-refractivity contribution < 1.29 is 19.4 Å². The molecule has 38 heavy (non-hydrogen) atoms. The maximum absolute atomic E-state index is 12.4. The van der Waals surface area contributed by atoms with E-state index in [4.69, 9.17) is 9.84 Å². The summed E-state index contributed by atoms with van der Waals surface area (Å²) in [5.41, 5.74) is 0. The third kappa shape index (κ3) is 29.2. The topological polar surface area (TPSA) is 63.6 Å². The number of carbonyl (C=O) groups excluding carboxylic acids is 1. The first-order chi connectivity index (χ1) is 18.6. The molecule has 0 amide bonds. The molecule has 0 aromatic rings. The second-order valence-electron chi connectivity index (χ2n) is 11.3. The van der Waals surface area contributed by atoms with Crippen molar-refractivity contribution in [2.24, 2.45) is 0 Å². The Morgan fingerprint density at radius 1 is 0.553 bits per heavy atom. The molecule has 224 valence electrons. The summed E-state index contributed by atoms with van der Waals surface area (Å²) in [5, 5.41) is 8.76. The van der Waals surface area contributed by atoms with Gasteiger partial charge >= 0.3 is 11.9 Å².